The van der Waals surface area contributed by atoms with Crippen LogP contribution in [0.4, 0.5) is 15.2 Å². The lowest BCUT2D eigenvalue weighted by molar-refractivity contribution is 0.149. The van der Waals surface area contributed by atoms with E-state index in [1.54, 1.807) is 11.8 Å². The highest BCUT2D eigenvalue weighted by Crippen LogP contribution is 2.25. The fourth-order valence-corrected chi connectivity index (χ4v) is 2.34. The molecule has 2 amide bonds. The van der Waals surface area contributed by atoms with Crippen LogP contribution in [0.25, 0.3) is 0 Å². The lowest BCUT2D eigenvalue weighted by Gasteiger charge is -2.22. The van der Waals surface area contributed by atoms with E-state index in [9.17, 15) is 9.18 Å². The van der Waals surface area contributed by atoms with Crippen molar-refractivity contribution in [2.24, 2.45) is 0 Å². The van der Waals surface area contributed by atoms with Crippen molar-refractivity contribution in [3.8, 4) is 0 Å². The summed E-state index contributed by atoms with van der Waals surface area (Å²) in [5.74, 6) is 0.428. The second kappa shape index (κ2) is 7.92. The zero-order valence-electron chi connectivity index (χ0n) is 12.8. The molecule has 9 heteroatoms. The molecule has 1 aliphatic heterocycles. The molecule has 0 bridgehead atoms. The minimum atomic E-state index is -0.972. The first-order chi connectivity index (χ1) is 10.6. The number of carbonyl (C=O) groups is 1. The Labute approximate surface area is 128 Å². The van der Waals surface area contributed by atoms with E-state index >= 15 is 0 Å². The summed E-state index contributed by atoms with van der Waals surface area (Å²) in [5.41, 5.74) is 0. The van der Waals surface area contributed by atoms with Crippen LogP contribution in [0.2, 0.25) is 0 Å². The van der Waals surface area contributed by atoms with E-state index in [-0.39, 0.29) is 18.6 Å². The fourth-order valence-electron chi connectivity index (χ4n) is 2.34. The summed E-state index contributed by atoms with van der Waals surface area (Å²) in [6, 6.07) is -0.211. The minimum absolute atomic E-state index is 0.194. The molecule has 124 valence electrons. The van der Waals surface area contributed by atoms with Crippen LogP contribution in [0.15, 0.2) is 4.42 Å². The van der Waals surface area contributed by atoms with Crippen molar-refractivity contribution in [2.45, 2.75) is 32.5 Å². The van der Waals surface area contributed by atoms with E-state index in [1.165, 1.54) is 0 Å². The predicted molar refractivity (Wildman–Crippen MR) is 77.6 cm³/mol. The SMILES string of the molecule is CCOCCNC(=O)NC[C@@H]1C[C@H](F)CN1c1nnc(C)o1. The highest BCUT2D eigenvalue weighted by atomic mass is 19.1. The Hall–Kier alpha value is -1.90. The molecule has 1 aliphatic rings. The van der Waals surface area contributed by atoms with Gasteiger partial charge in [-0.25, -0.2) is 9.18 Å². The van der Waals surface area contributed by atoms with Crippen molar-refractivity contribution in [3.63, 3.8) is 0 Å². The Morgan fingerprint density at radius 3 is 3.00 bits per heavy atom. The van der Waals surface area contributed by atoms with Gasteiger partial charge in [0.25, 0.3) is 0 Å². The molecule has 0 aliphatic carbocycles. The van der Waals surface area contributed by atoms with Crippen LogP contribution in [0.3, 0.4) is 0 Å². The quantitative estimate of drug-likeness (QED) is 0.717. The number of anilines is 1. The zero-order chi connectivity index (χ0) is 15.9. The van der Waals surface area contributed by atoms with E-state index in [0.29, 0.717) is 44.6 Å². The average molecular weight is 315 g/mol. The summed E-state index contributed by atoms with van der Waals surface area (Å²) < 4.78 is 24.1. The number of hydrogen-bond donors (Lipinski definition) is 2. The number of alkyl halides is 1. The van der Waals surface area contributed by atoms with E-state index in [0.717, 1.165) is 0 Å². The lowest BCUT2D eigenvalue weighted by Crippen LogP contribution is -2.44. The molecule has 0 aromatic carbocycles. The first-order valence-corrected chi connectivity index (χ1v) is 7.40. The normalized spacial score (nSPS) is 21.1. The molecule has 2 atom stereocenters. The van der Waals surface area contributed by atoms with Crippen molar-refractivity contribution in [2.75, 3.05) is 37.7 Å². The third-order valence-corrected chi connectivity index (χ3v) is 3.36. The summed E-state index contributed by atoms with van der Waals surface area (Å²) in [6.07, 6.45) is -0.652. The molecule has 0 saturated carbocycles. The molecule has 2 N–H and O–H groups in total. The fraction of sp³-hybridized carbons (Fsp3) is 0.769. The largest absolute Gasteiger partial charge is 0.408 e. The number of hydrogen-bond acceptors (Lipinski definition) is 6. The van der Waals surface area contributed by atoms with Crippen molar-refractivity contribution in [3.05, 3.63) is 5.89 Å². The maximum atomic E-state index is 13.7. The number of amides is 2. The number of nitrogens with one attached hydrogen (secondary N) is 2. The summed E-state index contributed by atoms with van der Waals surface area (Å²) in [6.45, 7) is 5.58. The number of carbonyl (C=O) groups excluding carboxylic acids is 1. The van der Waals surface area contributed by atoms with Crippen LogP contribution in [-0.4, -0.2) is 61.3 Å². The van der Waals surface area contributed by atoms with Crippen molar-refractivity contribution >= 4 is 12.0 Å². The number of nitrogens with zero attached hydrogens (tertiary/aromatic N) is 3. The second-order valence-corrected chi connectivity index (χ2v) is 5.08. The predicted octanol–water partition coefficient (Wildman–Crippen LogP) is 0.631. The van der Waals surface area contributed by atoms with Crippen molar-refractivity contribution < 1.29 is 18.3 Å². The van der Waals surface area contributed by atoms with Gasteiger partial charge in [-0.05, 0) is 6.92 Å². The molecular formula is C13H22FN5O3. The van der Waals surface area contributed by atoms with Gasteiger partial charge < -0.3 is 24.7 Å². The average Bonchev–Trinajstić information content (AvgIpc) is 3.07. The highest BCUT2D eigenvalue weighted by Gasteiger charge is 2.35. The van der Waals surface area contributed by atoms with Gasteiger partial charge in [-0.1, -0.05) is 5.10 Å². The zero-order valence-corrected chi connectivity index (χ0v) is 12.8. The number of rotatable bonds is 7. The van der Waals surface area contributed by atoms with E-state index in [2.05, 4.69) is 20.8 Å². The number of halogens is 1. The van der Waals surface area contributed by atoms with Gasteiger partial charge in [0.15, 0.2) is 0 Å². The number of aryl methyl sites for hydroxylation is 1. The maximum Gasteiger partial charge on any atom is 0.318 e. The van der Waals surface area contributed by atoms with Crippen LogP contribution >= 0.6 is 0 Å². The first kappa shape index (κ1) is 16.5. The molecule has 2 heterocycles. The molecule has 8 nitrogen and oxygen atoms in total. The van der Waals surface area contributed by atoms with Gasteiger partial charge in [-0.15, -0.1) is 5.10 Å². The molecule has 0 spiro atoms. The Morgan fingerprint density at radius 1 is 1.50 bits per heavy atom. The van der Waals surface area contributed by atoms with E-state index < -0.39 is 6.17 Å². The molecule has 1 aromatic heterocycles. The smallest absolute Gasteiger partial charge is 0.318 e. The summed E-state index contributed by atoms with van der Waals surface area (Å²) in [5, 5.41) is 13.1. The van der Waals surface area contributed by atoms with Crippen LogP contribution in [-0.2, 0) is 4.74 Å². The molecular weight excluding hydrogens is 293 g/mol. The summed E-state index contributed by atoms with van der Waals surface area (Å²) in [7, 11) is 0. The Kier molecular flexibility index (Phi) is 5.93. The third kappa shape index (κ3) is 4.55. The Balaban J connectivity index is 1.79. The third-order valence-electron chi connectivity index (χ3n) is 3.36. The molecule has 1 saturated heterocycles. The second-order valence-electron chi connectivity index (χ2n) is 5.08. The Morgan fingerprint density at radius 2 is 2.32 bits per heavy atom. The molecule has 2 rings (SSSR count). The Bertz CT molecular complexity index is 484. The van der Waals surface area contributed by atoms with Crippen LogP contribution in [0, 0.1) is 6.92 Å². The molecule has 1 fully saturated rings. The van der Waals surface area contributed by atoms with Crippen molar-refractivity contribution in [1.82, 2.24) is 20.8 Å². The van der Waals surface area contributed by atoms with Crippen LogP contribution in [0.5, 0.6) is 0 Å². The van der Waals surface area contributed by atoms with Crippen LogP contribution < -0.4 is 15.5 Å². The van der Waals surface area contributed by atoms with Gasteiger partial charge in [0.05, 0.1) is 19.2 Å². The van der Waals surface area contributed by atoms with Gasteiger partial charge in [0.1, 0.15) is 6.17 Å². The highest BCUT2D eigenvalue weighted by molar-refractivity contribution is 5.73. The molecule has 22 heavy (non-hydrogen) atoms. The summed E-state index contributed by atoms with van der Waals surface area (Å²) >= 11 is 0. The number of urea groups is 1. The number of ether oxygens (including phenoxy) is 1. The molecule has 1 aromatic rings. The van der Waals surface area contributed by atoms with E-state index in [1.807, 2.05) is 6.92 Å². The minimum Gasteiger partial charge on any atom is -0.408 e. The van der Waals surface area contributed by atoms with Gasteiger partial charge in [-0.3, -0.25) is 0 Å². The van der Waals surface area contributed by atoms with Crippen molar-refractivity contribution in [1.29, 1.82) is 0 Å². The van der Waals surface area contributed by atoms with E-state index in [4.69, 9.17) is 9.15 Å². The number of aromatic nitrogens is 2. The van der Waals surface area contributed by atoms with Crippen LogP contribution in [0.1, 0.15) is 19.2 Å². The maximum absolute atomic E-state index is 13.7. The molecule has 0 radical (unpaired) electrons. The van der Waals surface area contributed by atoms with Gasteiger partial charge in [0.2, 0.25) is 5.89 Å². The first-order valence-electron chi connectivity index (χ1n) is 7.40. The van der Waals surface area contributed by atoms with Gasteiger partial charge >= 0.3 is 12.0 Å². The van der Waals surface area contributed by atoms with Gasteiger partial charge in [-0.2, -0.15) is 0 Å². The standard InChI is InChI=1S/C13H22FN5O3/c1-3-21-5-4-15-12(20)16-7-11-6-10(14)8-19(11)13-18-17-9(2)22-13/h10-11H,3-8H2,1-2H3,(H2,15,16,20)/t10-,11-/m0/s1. The van der Waals surface area contributed by atoms with Gasteiger partial charge in [0, 0.05) is 33.0 Å². The topological polar surface area (TPSA) is 92.5 Å². The lowest BCUT2D eigenvalue weighted by atomic mass is 10.2. The monoisotopic (exact) mass is 315 g/mol. The molecule has 0 unspecified atom stereocenters. The summed E-state index contributed by atoms with van der Waals surface area (Å²) in [4.78, 5) is 13.3.